The van der Waals surface area contributed by atoms with Crippen molar-refractivity contribution in [2.24, 2.45) is 0 Å². The molecule has 87 valence electrons. The van der Waals surface area contributed by atoms with Crippen LogP contribution in [0, 0.1) is 6.67 Å². The van der Waals surface area contributed by atoms with E-state index in [0.29, 0.717) is 0 Å². The van der Waals surface area contributed by atoms with Crippen molar-refractivity contribution in [1.82, 2.24) is 9.80 Å². The van der Waals surface area contributed by atoms with Gasteiger partial charge in [-0.2, -0.15) is 0 Å². The molecule has 15 heavy (non-hydrogen) atoms. The summed E-state index contributed by atoms with van der Waals surface area (Å²) < 4.78 is 0. The van der Waals surface area contributed by atoms with Crippen LogP contribution in [-0.4, -0.2) is 36.0 Å². The molecule has 2 heteroatoms. The minimum atomic E-state index is 1.29. The maximum atomic E-state index is 2.55. The first-order chi connectivity index (χ1) is 7.45. The monoisotopic (exact) mass is 209 g/mol. The zero-order valence-electron chi connectivity index (χ0n) is 9.96. The lowest BCUT2D eigenvalue weighted by Crippen LogP contribution is -2.34. The third-order valence-corrected chi connectivity index (χ3v) is 3.61. The summed E-state index contributed by atoms with van der Waals surface area (Å²) >= 11 is 0. The fourth-order valence-electron chi connectivity index (χ4n) is 2.65. The number of rotatable bonds is 2. The molecule has 0 bridgehead atoms. The second-order valence-electron chi connectivity index (χ2n) is 5.02. The average molecular weight is 209 g/mol. The van der Waals surface area contributed by atoms with E-state index in [-0.39, 0.29) is 0 Å². The van der Waals surface area contributed by atoms with E-state index in [1.807, 2.05) is 0 Å². The standard InChI is InChI=1S/C13H25N2/c1-2-6-10-14(9-5-1)13-15-11-7-3-4-8-12-15/h13H,1-12H2. The quantitative estimate of drug-likeness (QED) is 0.690. The van der Waals surface area contributed by atoms with Crippen LogP contribution in [-0.2, 0) is 0 Å². The first-order valence-electron chi connectivity index (χ1n) is 6.78. The Morgan fingerprint density at radius 1 is 0.467 bits per heavy atom. The van der Waals surface area contributed by atoms with E-state index in [9.17, 15) is 0 Å². The summed E-state index contributed by atoms with van der Waals surface area (Å²) in [6.45, 7) is 7.58. The highest BCUT2D eigenvalue weighted by atomic mass is 15.3. The first-order valence-corrected chi connectivity index (χ1v) is 6.78. The smallest absolute Gasteiger partial charge is 0.0921 e. The van der Waals surface area contributed by atoms with Crippen LogP contribution < -0.4 is 0 Å². The zero-order chi connectivity index (χ0) is 10.3. The Hall–Kier alpha value is -0.0800. The maximum absolute atomic E-state index is 2.55. The Kier molecular flexibility index (Phi) is 4.94. The van der Waals surface area contributed by atoms with Crippen LogP contribution in [0.2, 0.25) is 0 Å². The van der Waals surface area contributed by atoms with Gasteiger partial charge in [-0.05, 0) is 51.9 Å². The molecule has 2 nitrogen and oxygen atoms in total. The van der Waals surface area contributed by atoms with Gasteiger partial charge in [0.25, 0.3) is 0 Å². The predicted octanol–water partition coefficient (Wildman–Crippen LogP) is 2.86. The lowest BCUT2D eigenvalue weighted by Gasteiger charge is -2.27. The van der Waals surface area contributed by atoms with Crippen molar-refractivity contribution in [3.63, 3.8) is 0 Å². The molecule has 0 aromatic heterocycles. The summed E-state index contributed by atoms with van der Waals surface area (Å²) in [6, 6.07) is 0. The van der Waals surface area contributed by atoms with Crippen molar-refractivity contribution in [2.75, 3.05) is 26.2 Å². The topological polar surface area (TPSA) is 6.48 Å². The maximum Gasteiger partial charge on any atom is 0.0921 e. The lowest BCUT2D eigenvalue weighted by atomic mass is 10.2. The van der Waals surface area contributed by atoms with E-state index in [2.05, 4.69) is 16.5 Å². The van der Waals surface area contributed by atoms with E-state index >= 15 is 0 Å². The Bertz CT molecular complexity index is 136. The van der Waals surface area contributed by atoms with Crippen molar-refractivity contribution < 1.29 is 0 Å². The second-order valence-corrected chi connectivity index (χ2v) is 5.02. The van der Waals surface area contributed by atoms with Crippen LogP contribution in [0.3, 0.4) is 0 Å². The molecule has 2 rings (SSSR count). The zero-order valence-corrected chi connectivity index (χ0v) is 9.96. The normalized spacial score (nSPS) is 27.2. The SMILES string of the molecule is [CH](N1CCCCCC1)N1CCCCCC1. The van der Waals surface area contributed by atoms with Crippen LogP contribution in [0.15, 0.2) is 0 Å². The van der Waals surface area contributed by atoms with Crippen molar-refractivity contribution >= 4 is 0 Å². The Morgan fingerprint density at radius 3 is 1.13 bits per heavy atom. The number of nitrogens with zero attached hydrogens (tertiary/aromatic N) is 2. The molecule has 2 aliphatic heterocycles. The molecule has 0 amide bonds. The molecule has 2 aliphatic rings. The largest absolute Gasteiger partial charge is 0.285 e. The van der Waals surface area contributed by atoms with Crippen LogP contribution >= 0.6 is 0 Å². The summed E-state index contributed by atoms with van der Waals surface area (Å²) in [5.41, 5.74) is 0. The molecule has 2 heterocycles. The van der Waals surface area contributed by atoms with E-state index < -0.39 is 0 Å². The van der Waals surface area contributed by atoms with Gasteiger partial charge >= 0.3 is 0 Å². The summed E-state index contributed by atoms with van der Waals surface area (Å²) in [6.07, 6.45) is 11.3. The van der Waals surface area contributed by atoms with Gasteiger partial charge in [-0.3, -0.25) is 9.80 Å². The third-order valence-electron chi connectivity index (χ3n) is 3.61. The Balaban J connectivity index is 1.73. The van der Waals surface area contributed by atoms with Crippen LogP contribution in [0.25, 0.3) is 0 Å². The minimum absolute atomic E-state index is 1.29. The van der Waals surface area contributed by atoms with Gasteiger partial charge in [0.15, 0.2) is 0 Å². The number of hydrogen-bond donors (Lipinski definition) is 0. The highest BCUT2D eigenvalue weighted by Crippen LogP contribution is 2.15. The highest BCUT2D eigenvalue weighted by molar-refractivity contribution is 4.75. The van der Waals surface area contributed by atoms with E-state index in [0.717, 1.165) is 0 Å². The molecule has 0 aliphatic carbocycles. The van der Waals surface area contributed by atoms with Crippen LogP contribution in [0.4, 0.5) is 0 Å². The summed E-state index contributed by atoms with van der Waals surface area (Å²) in [4.78, 5) is 5.11. The van der Waals surface area contributed by atoms with Gasteiger partial charge in [0, 0.05) is 0 Å². The first kappa shape index (κ1) is 11.4. The molecular weight excluding hydrogens is 184 g/mol. The molecule has 0 saturated carbocycles. The Labute approximate surface area is 94.6 Å². The van der Waals surface area contributed by atoms with Crippen molar-refractivity contribution in [1.29, 1.82) is 0 Å². The van der Waals surface area contributed by atoms with Gasteiger partial charge in [-0.1, -0.05) is 25.7 Å². The molecule has 2 fully saturated rings. The summed E-state index contributed by atoms with van der Waals surface area (Å²) in [5.74, 6) is 0. The van der Waals surface area contributed by atoms with Gasteiger partial charge in [0.2, 0.25) is 0 Å². The molecule has 0 spiro atoms. The van der Waals surface area contributed by atoms with E-state index in [4.69, 9.17) is 0 Å². The molecule has 0 aromatic carbocycles. The highest BCUT2D eigenvalue weighted by Gasteiger charge is 2.15. The Morgan fingerprint density at radius 2 is 0.800 bits per heavy atom. The van der Waals surface area contributed by atoms with Gasteiger partial charge in [0.05, 0.1) is 6.67 Å². The molecular formula is C13H25N2. The summed E-state index contributed by atoms with van der Waals surface area (Å²) in [7, 11) is 0. The minimum Gasteiger partial charge on any atom is -0.285 e. The molecule has 0 N–H and O–H groups in total. The van der Waals surface area contributed by atoms with Gasteiger partial charge in [0.1, 0.15) is 0 Å². The molecule has 1 radical (unpaired) electrons. The third kappa shape index (κ3) is 4.12. The second kappa shape index (κ2) is 6.49. The molecule has 2 saturated heterocycles. The van der Waals surface area contributed by atoms with Crippen LogP contribution in [0.1, 0.15) is 51.4 Å². The predicted molar refractivity (Wildman–Crippen MR) is 64.4 cm³/mol. The molecule has 0 atom stereocenters. The van der Waals surface area contributed by atoms with Crippen LogP contribution in [0.5, 0.6) is 0 Å². The van der Waals surface area contributed by atoms with Gasteiger partial charge in [-0.25, -0.2) is 0 Å². The van der Waals surface area contributed by atoms with E-state index in [1.165, 1.54) is 77.5 Å². The number of hydrogen-bond acceptors (Lipinski definition) is 2. The van der Waals surface area contributed by atoms with Crippen molar-refractivity contribution in [2.45, 2.75) is 51.4 Å². The average Bonchev–Trinajstić information content (AvgIpc) is 2.63. The van der Waals surface area contributed by atoms with Gasteiger partial charge in [-0.15, -0.1) is 0 Å². The fourth-order valence-corrected chi connectivity index (χ4v) is 2.65. The van der Waals surface area contributed by atoms with E-state index in [1.54, 1.807) is 0 Å². The van der Waals surface area contributed by atoms with Crippen molar-refractivity contribution in [3.05, 3.63) is 6.67 Å². The fraction of sp³-hybridized carbons (Fsp3) is 0.923. The lowest BCUT2D eigenvalue weighted by molar-refractivity contribution is 0.205. The van der Waals surface area contributed by atoms with Crippen molar-refractivity contribution in [3.8, 4) is 0 Å². The van der Waals surface area contributed by atoms with Gasteiger partial charge < -0.3 is 0 Å². The summed E-state index contributed by atoms with van der Waals surface area (Å²) in [5, 5.41) is 0. The molecule has 0 unspecified atom stereocenters. The number of likely N-dealkylation sites (tertiary alicyclic amines) is 2. The molecule has 0 aromatic rings.